The van der Waals surface area contributed by atoms with Crippen molar-refractivity contribution in [3.8, 4) is 0 Å². The lowest BCUT2D eigenvalue weighted by molar-refractivity contribution is 0.313. The molecule has 0 spiro atoms. The number of halogens is 1. The molecule has 0 saturated carbocycles. The summed E-state index contributed by atoms with van der Waals surface area (Å²) < 4.78 is 40.4. The van der Waals surface area contributed by atoms with Crippen LogP contribution >= 0.6 is 0 Å². The smallest absolute Gasteiger partial charge is 0.243 e. The van der Waals surface area contributed by atoms with E-state index in [-0.39, 0.29) is 10.8 Å². The van der Waals surface area contributed by atoms with Crippen molar-refractivity contribution >= 4 is 20.9 Å². The molecule has 2 aromatic carbocycles. The number of hydrogen-bond donors (Lipinski definition) is 1. The summed E-state index contributed by atoms with van der Waals surface area (Å²) in [4.78, 5) is 3.59. The second-order valence-corrected chi connectivity index (χ2v) is 8.91. The predicted octanol–water partition coefficient (Wildman–Crippen LogP) is 4.18. The SMILES string of the molecule is Cc1ccc2[nH]c(C3CCCN(S(=O)(=O)c4ccc(F)cc4)C3)cc2c1. The molecule has 1 unspecified atom stereocenters. The summed E-state index contributed by atoms with van der Waals surface area (Å²) in [6.07, 6.45) is 1.75. The van der Waals surface area contributed by atoms with E-state index < -0.39 is 15.8 Å². The Hall–Kier alpha value is -2.18. The molecular weight excluding hydrogens is 351 g/mol. The number of aromatic amines is 1. The molecule has 0 bridgehead atoms. The molecule has 1 aliphatic heterocycles. The van der Waals surface area contributed by atoms with Gasteiger partial charge in [0.15, 0.2) is 0 Å². The fourth-order valence-corrected chi connectivity index (χ4v) is 5.19. The predicted molar refractivity (Wildman–Crippen MR) is 100 cm³/mol. The van der Waals surface area contributed by atoms with E-state index in [0.29, 0.717) is 13.1 Å². The zero-order valence-corrected chi connectivity index (χ0v) is 15.4. The van der Waals surface area contributed by atoms with Gasteiger partial charge in [0.25, 0.3) is 0 Å². The minimum atomic E-state index is -3.60. The molecule has 6 heteroatoms. The standard InChI is InChI=1S/C20H21FN2O2S/c1-14-4-9-19-16(11-14)12-20(22-19)15-3-2-10-23(13-15)26(24,25)18-7-5-17(21)6-8-18/h4-9,11-12,15,22H,2-3,10,13H2,1H3. The van der Waals surface area contributed by atoms with Crippen LogP contribution < -0.4 is 0 Å². The first-order valence-electron chi connectivity index (χ1n) is 8.78. The summed E-state index contributed by atoms with van der Waals surface area (Å²) in [7, 11) is -3.60. The lowest BCUT2D eigenvalue weighted by atomic mass is 9.96. The van der Waals surface area contributed by atoms with Crippen LogP contribution in [0.1, 0.15) is 30.0 Å². The quantitative estimate of drug-likeness (QED) is 0.750. The molecule has 1 saturated heterocycles. The maximum atomic E-state index is 13.1. The number of benzene rings is 2. The van der Waals surface area contributed by atoms with Crippen molar-refractivity contribution in [1.29, 1.82) is 0 Å². The van der Waals surface area contributed by atoms with Crippen LogP contribution in [0.15, 0.2) is 53.4 Å². The zero-order valence-electron chi connectivity index (χ0n) is 14.6. The van der Waals surface area contributed by atoms with Gasteiger partial charge in [0.05, 0.1) is 4.90 Å². The number of hydrogen-bond acceptors (Lipinski definition) is 2. The van der Waals surface area contributed by atoms with Gasteiger partial charge in [-0.15, -0.1) is 0 Å². The molecule has 1 atom stereocenters. The summed E-state index contributed by atoms with van der Waals surface area (Å²) >= 11 is 0. The number of nitrogens with one attached hydrogen (secondary N) is 1. The van der Waals surface area contributed by atoms with Crippen molar-refractivity contribution in [1.82, 2.24) is 9.29 Å². The summed E-state index contributed by atoms with van der Waals surface area (Å²) in [5.41, 5.74) is 3.35. The molecule has 0 amide bonds. The summed E-state index contributed by atoms with van der Waals surface area (Å²) in [5, 5.41) is 1.15. The van der Waals surface area contributed by atoms with Gasteiger partial charge in [-0.3, -0.25) is 0 Å². The average Bonchev–Trinajstić information content (AvgIpc) is 3.05. The zero-order chi connectivity index (χ0) is 18.3. The highest BCUT2D eigenvalue weighted by molar-refractivity contribution is 7.89. The Morgan fingerprint density at radius 3 is 2.65 bits per heavy atom. The van der Waals surface area contributed by atoms with Gasteiger partial charge in [0, 0.05) is 30.2 Å². The Bertz CT molecular complexity index is 1040. The maximum Gasteiger partial charge on any atom is 0.243 e. The first kappa shape index (κ1) is 17.2. The van der Waals surface area contributed by atoms with Crippen LogP contribution in [0.3, 0.4) is 0 Å². The van der Waals surface area contributed by atoms with Gasteiger partial charge >= 0.3 is 0 Å². The number of fused-ring (bicyclic) bond motifs is 1. The third-order valence-electron chi connectivity index (χ3n) is 5.07. The molecular formula is C20H21FN2O2S. The highest BCUT2D eigenvalue weighted by Crippen LogP contribution is 2.31. The molecule has 3 aromatic rings. The summed E-state index contributed by atoms with van der Waals surface area (Å²) in [6.45, 7) is 2.99. The molecule has 136 valence electrons. The van der Waals surface area contributed by atoms with Gasteiger partial charge in [0.2, 0.25) is 10.0 Å². The second-order valence-electron chi connectivity index (χ2n) is 6.97. The Balaban J connectivity index is 1.61. The highest BCUT2D eigenvalue weighted by atomic mass is 32.2. The normalized spacial score (nSPS) is 19.1. The topological polar surface area (TPSA) is 53.2 Å². The molecule has 4 rings (SSSR count). The molecule has 1 aromatic heterocycles. The lowest BCUT2D eigenvalue weighted by Crippen LogP contribution is -2.39. The molecule has 1 N–H and O–H groups in total. The van der Waals surface area contributed by atoms with Gasteiger partial charge < -0.3 is 4.98 Å². The molecule has 2 heterocycles. The van der Waals surface area contributed by atoms with Crippen LogP contribution in [-0.2, 0) is 10.0 Å². The minimum Gasteiger partial charge on any atom is -0.358 e. The van der Waals surface area contributed by atoms with E-state index in [1.807, 2.05) is 0 Å². The number of nitrogens with zero attached hydrogens (tertiary/aromatic N) is 1. The second kappa shape index (κ2) is 6.52. The van der Waals surface area contributed by atoms with E-state index in [1.54, 1.807) is 0 Å². The monoisotopic (exact) mass is 372 g/mol. The van der Waals surface area contributed by atoms with Crippen molar-refractivity contribution in [3.05, 3.63) is 65.6 Å². The van der Waals surface area contributed by atoms with Crippen molar-refractivity contribution in [2.45, 2.75) is 30.6 Å². The third kappa shape index (κ3) is 3.15. The van der Waals surface area contributed by atoms with Crippen LogP contribution in [0.2, 0.25) is 0 Å². The van der Waals surface area contributed by atoms with Crippen molar-refractivity contribution < 1.29 is 12.8 Å². The number of rotatable bonds is 3. The summed E-state index contributed by atoms with van der Waals surface area (Å²) in [6, 6.07) is 13.4. The fourth-order valence-electron chi connectivity index (χ4n) is 3.66. The number of H-pyrrole nitrogens is 1. The van der Waals surface area contributed by atoms with Gasteiger partial charge in [-0.1, -0.05) is 11.6 Å². The van der Waals surface area contributed by atoms with E-state index in [0.717, 1.165) is 29.4 Å². The molecule has 26 heavy (non-hydrogen) atoms. The average molecular weight is 372 g/mol. The number of aryl methyl sites for hydroxylation is 1. The number of aromatic nitrogens is 1. The van der Waals surface area contributed by atoms with E-state index in [2.05, 4.69) is 36.2 Å². The van der Waals surface area contributed by atoms with E-state index in [1.165, 1.54) is 34.1 Å². The molecule has 1 fully saturated rings. The lowest BCUT2D eigenvalue weighted by Gasteiger charge is -2.31. The van der Waals surface area contributed by atoms with Gasteiger partial charge in [-0.2, -0.15) is 4.31 Å². The van der Waals surface area contributed by atoms with Crippen LogP contribution in [-0.4, -0.2) is 30.8 Å². The number of sulfonamides is 1. The van der Waals surface area contributed by atoms with Gasteiger partial charge in [0.1, 0.15) is 5.82 Å². The molecule has 0 aliphatic carbocycles. The minimum absolute atomic E-state index is 0.131. The number of piperidine rings is 1. The van der Waals surface area contributed by atoms with E-state index in [9.17, 15) is 12.8 Å². The molecule has 0 radical (unpaired) electrons. The van der Waals surface area contributed by atoms with Gasteiger partial charge in [-0.25, -0.2) is 12.8 Å². The molecule has 4 nitrogen and oxygen atoms in total. The third-order valence-corrected chi connectivity index (χ3v) is 6.95. The maximum absolute atomic E-state index is 13.1. The fraction of sp³-hybridized carbons (Fsp3) is 0.300. The molecule has 1 aliphatic rings. The Labute approximate surface area is 152 Å². The highest BCUT2D eigenvalue weighted by Gasteiger charge is 2.31. The van der Waals surface area contributed by atoms with E-state index >= 15 is 0 Å². The van der Waals surface area contributed by atoms with Crippen LogP contribution in [0.4, 0.5) is 4.39 Å². The van der Waals surface area contributed by atoms with Crippen LogP contribution in [0.5, 0.6) is 0 Å². The Morgan fingerprint density at radius 2 is 1.88 bits per heavy atom. The van der Waals surface area contributed by atoms with Gasteiger partial charge in [-0.05, 0) is 67.6 Å². The Kier molecular flexibility index (Phi) is 4.32. The van der Waals surface area contributed by atoms with Crippen molar-refractivity contribution in [2.24, 2.45) is 0 Å². The van der Waals surface area contributed by atoms with E-state index in [4.69, 9.17) is 0 Å². The van der Waals surface area contributed by atoms with Crippen molar-refractivity contribution in [2.75, 3.05) is 13.1 Å². The first-order valence-corrected chi connectivity index (χ1v) is 10.2. The van der Waals surface area contributed by atoms with Crippen LogP contribution in [0.25, 0.3) is 10.9 Å². The first-order chi connectivity index (χ1) is 12.4. The van der Waals surface area contributed by atoms with Crippen LogP contribution in [0, 0.1) is 12.7 Å². The Morgan fingerprint density at radius 1 is 1.12 bits per heavy atom. The largest absolute Gasteiger partial charge is 0.358 e. The van der Waals surface area contributed by atoms with Crippen molar-refractivity contribution in [3.63, 3.8) is 0 Å². The summed E-state index contributed by atoms with van der Waals surface area (Å²) in [5.74, 6) is -0.305.